The van der Waals surface area contributed by atoms with E-state index in [-0.39, 0.29) is 18.3 Å². The first-order chi connectivity index (χ1) is 12.1. The first kappa shape index (κ1) is 17.5. The number of thiophene rings is 1. The van der Waals surface area contributed by atoms with Crippen molar-refractivity contribution in [3.05, 3.63) is 46.7 Å². The van der Waals surface area contributed by atoms with E-state index in [1.807, 2.05) is 41.8 Å². The van der Waals surface area contributed by atoms with Crippen LogP contribution in [-0.2, 0) is 20.9 Å². The van der Waals surface area contributed by atoms with Crippen LogP contribution in [0, 0.1) is 0 Å². The molecule has 0 saturated carbocycles. The lowest BCUT2D eigenvalue weighted by Gasteiger charge is -2.15. The number of hydrogen-bond donors (Lipinski definition) is 0. The Hall–Kier alpha value is -2.32. The monoisotopic (exact) mass is 376 g/mol. The maximum Gasteiger partial charge on any atom is 0.316 e. The number of carbonyl (C=O) groups is 2. The average molecular weight is 376 g/mol. The summed E-state index contributed by atoms with van der Waals surface area (Å²) in [6.07, 6.45) is 0. The van der Waals surface area contributed by atoms with Crippen LogP contribution in [0.4, 0.5) is 0 Å². The van der Waals surface area contributed by atoms with Gasteiger partial charge in [0.2, 0.25) is 0 Å². The van der Waals surface area contributed by atoms with E-state index in [1.54, 1.807) is 18.4 Å². The van der Waals surface area contributed by atoms with Crippen molar-refractivity contribution in [2.75, 3.05) is 19.4 Å². The number of benzene rings is 1. The standard InChI is InChI=1S/C17H16N2O4S2/c1-19(9-12-5-4-8-24-12)15(20)10-22-16(21)11-25-17-18-13-6-2-3-7-14(13)23-17/h2-8H,9-11H2,1H3. The molecule has 0 unspecified atom stereocenters. The van der Waals surface area contributed by atoms with Crippen molar-refractivity contribution in [1.82, 2.24) is 9.88 Å². The van der Waals surface area contributed by atoms with E-state index in [4.69, 9.17) is 9.15 Å². The van der Waals surface area contributed by atoms with Crippen LogP contribution >= 0.6 is 23.1 Å². The molecule has 0 saturated heterocycles. The van der Waals surface area contributed by atoms with Crippen molar-refractivity contribution in [2.45, 2.75) is 11.8 Å². The summed E-state index contributed by atoms with van der Waals surface area (Å²) in [6.45, 7) is 0.237. The Kier molecular flexibility index (Phi) is 5.72. The molecule has 0 aliphatic carbocycles. The van der Waals surface area contributed by atoms with E-state index in [9.17, 15) is 9.59 Å². The number of likely N-dealkylation sites (N-methyl/N-ethyl adjacent to an activating group) is 1. The summed E-state index contributed by atoms with van der Waals surface area (Å²) in [5.74, 6) is -0.687. The van der Waals surface area contributed by atoms with Crippen molar-refractivity contribution in [3.63, 3.8) is 0 Å². The Bertz CT molecular complexity index is 828. The number of thioether (sulfide) groups is 1. The number of amides is 1. The van der Waals surface area contributed by atoms with Gasteiger partial charge in [0.15, 0.2) is 12.2 Å². The van der Waals surface area contributed by atoms with Gasteiger partial charge in [-0.15, -0.1) is 11.3 Å². The van der Waals surface area contributed by atoms with Gasteiger partial charge in [-0.25, -0.2) is 4.98 Å². The number of nitrogens with zero attached hydrogens (tertiary/aromatic N) is 2. The Labute approximate surface area is 152 Å². The second-order valence-electron chi connectivity index (χ2n) is 5.23. The zero-order chi connectivity index (χ0) is 17.6. The summed E-state index contributed by atoms with van der Waals surface area (Å²) in [5.41, 5.74) is 1.41. The molecular weight excluding hydrogens is 360 g/mol. The van der Waals surface area contributed by atoms with Gasteiger partial charge in [0, 0.05) is 11.9 Å². The normalized spacial score (nSPS) is 10.8. The van der Waals surface area contributed by atoms with Crippen LogP contribution in [0.5, 0.6) is 0 Å². The minimum atomic E-state index is -0.481. The smallest absolute Gasteiger partial charge is 0.316 e. The highest BCUT2D eigenvalue weighted by molar-refractivity contribution is 7.99. The Morgan fingerprint density at radius 3 is 2.88 bits per heavy atom. The third-order valence-corrected chi connectivity index (χ3v) is 5.01. The van der Waals surface area contributed by atoms with E-state index in [0.717, 1.165) is 22.2 Å². The minimum Gasteiger partial charge on any atom is -0.455 e. The quantitative estimate of drug-likeness (QED) is 0.466. The molecule has 3 rings (SSSR count). The number of esters is 1. The molecule has 0 fully saturated rings. The molecule has 0 spiro atoms. The third kappa shape index (κ3) is 4.83. The van der Waals surface area contributed by atoms with Crippen molar-refractivity contribution < 1.29 is 18.7 Å². The average Bonchev–Trinajstić information content (AvgIpc) is 3.26. The first-order valence-electron chi connectivity index (χ1n) is 7.52. The number of ether oxygens (including phenoxy) is 1. The maximum atomic E-state index is 12.0. The van der Waals surface area contributed by atoms with Gasteiger partial charge >= 0.3 is 5.97 Å². The molecule has 1 aromatic carbocycles. The molecule has 0 radical (unpaired) electrons. The van der Waals surface area contributed by atoms with E-state index in [2.05, 4.69) is 4.98 Å². The first-order valence-corrected chi connectivity index (χ1v) is 9.38. The molecule has 25 heavy (non-hydrogen) atoms. The maximum absolute atomic E-state index is 12.0. The van der Waals surface area contributed by atoms with Crippen LogP contribution in [0.1, 0.15) is 4.88 Å². The lowest BCUT2D eigenvalue weighted by Crippen LogP contribution is -2.30. The van der Waals surface area contributed by atoms with Gasteiger partial charge in [-0.1, -0.05) is 30.0 Å². The summed E-state index contributed by atoms with van der Waals surface area (Å²) in [4.78, 5) is 30.7. The Morgan fingerprint density at radius 2 is 2.12 bits per heavy atom. The molecule has 3 aromatic rings. The van der Waals surface area contributed by atoms with Gasteiger partial charge in [-0.05, 0) is 23.6 Å². The number of aromatic nitrogens is 1. The molecule has 8 heteroatoms. The lowest BCUT2D eigenvalue weighted by atomic mass is 10.3. The number of carbonyl (C=O) groups excluding carboxylic acids is 2. The Morgan fingerprint density at radius 1 is 1.28 bits per heavy atom. The van der Waals surface area contributed by atoms with E-state index in [0.29, 0.717) is 17.4 Å². The molecule has 130 valence electrons. The van der Waals surface area contributed by atoms with Crippen LogP contribution in [0.2, 0.25) is 0 Å². The van der Waals surface area contributed by atoms with Crippen LogP contribution < -0.4 is 0 Å². The molecule has 0 bridgehead atoms. The van der Waals surface area contributed by atoms with Gasteiger partial charge in [-0.2, -0.15) is 0 Å². The predicted octanol–water partition coefficient (Wildman–Crippen LogP) is 3.18. The van der Waals surface area contributed by atoms with Gasteiger partial charge in [0.05, 0.1) is 6.54 Å². The van der Waals surface area contributed by atoms with Crippen molar-refractivity contribution in [1.29, 1.82) is 0 Å². The molecular formula is C17H16N2O4S2. The number of fused-ring (bicyclic) bond motifs is 1. The third-order valence-electron chi connectivity index (χ3n) is 3.34. The van der Waals surface area contributed by atoms with Crippen LogP contribution in [0.25, 0.3) is 11.1 Å². The van der Waals surface area contributed by atoms with Gasteiger partial charge in [0.25, 0.3) is 11.1 Å². The number of oxazole rings is 1. The summed E-state index contributed by atoms with van der Waals surface area (Å²) in [6, 6.07) is 11.3. The zero-order valence-electron chi connectivity index (χ0n) is 13.5. The SMILES string of the molecule is CN(Cc1cccs1)C(=O)COC(=O)CSc1nc2ccccc2o1. The number of hydrogen-bond acceptors (Lipinski definition) is 7. The highest BCUT2D eigenvalue weighted by Crippen LogP contribution is 2.23. The second kappa shape index (κ2) is 8.17. The van der Waals surface area contributed by atoms with Crippen LogP contribution in [-0.4, -0.2) is 41.2 Å². The van der Waals surface area contributed by atoms with Crippen molar-refractivity contribution >= 4 is 46.1 Å². The Balaban J connectivity index is 1.42. The molecule has 1 amide bonds. The summed E-state index contributed by atoms with van der Waals surface area (Å²) < 4.78 is 10.5. The number of para-hydroxylation sites is 2. The van der Waals surface area contributed by atoms with Gasteiger partial charge in [-0.3, -0.25) is 9.59 Å². The molecule has 6 nitrogen and oxygen atoms in total. The van der Waals surface area contributed by atoms with E-state index >= 15 is 0 Å². The zero-order valence-corrected chi connectivity index (χ0v) is 15.1. The predicted molar refractivity (Wildman–Crippen MR) is 96.5 cm³/mol. The summed E-state index contributed by atoms with van der Waals surface area (Å²) >= 11 is 2.72. The van der Waals surface area contributed by atoms with Crippen molar-refractivity contribution in [3.8, 4) is 0 Å². The molecule has 2 aromatic heterocycles. The van der Waals surface area contributed by atoms with E-state index < -0.39 is 5.97 Å². The highest BCUT2D eigenvalue weighted by Gasteiger charge is 2.14. The van der Waals surface area contributed by atoms with Gasteiger partial charge < -0.3 is 14.1 Å². The molecule has 2 heterocycles. The summed E-state index contributed by atoms with van der Waals surface area (Å²) in [5, 5.41) is 2.36. The molecule has 0 aliphatic heterocycles. The van der Waals surface area contributed by atoms with E-state index in [1.165, 1.54) is 4.90 Å². The highest BCUT2D eigenvalue weighted by atomic mass is 32.2. The minimum absolute atomic E-state index is 0.0364. The van der Waals surface area contributed by atoms with Crippen molar-refractivity contribution in [2.24, 2.45) is 0 Å². The lowest BCUT2D eigenvalue weighted by molar-refractivity contribution is -0.149. The fourth-order valence-electron chi connectivity index (χ4n) is 2.05. The summed E-state index contributed by atoms with van der Waals surface area (Å²) in [7, 11) is 1.68. The van der Waals surface area contributed by atoms with Crippen LogP contribution in [0.3, 0.4) is 0 Å². The number of rotatable bonds is 7. The fraction of sp³-hybridized carbons (Fsp3) is 0.235. The van der Waals surface area contributed by atoms with Crippen LogP contribution in [0.15, 0.2) is 51.4 Å². The van der Waals surface area contributed by atoms with Gasteiger partial charge in [0.1, 0.15) is 11.3 Å². The second-order valence-corrected chi connectivity index (χ2v) is 7.18. The molecule has 0 aliphatic rings. The largest absolute Gasteiger partial charge is 0.455 e. The topological polar surface area (TPSA) is 72.6 Å². The molecule has 0 N–H and O–H groups in total. The fourth-order valence-corrected chi connectivity index (χ4v) is 3.45. The molecule has 0 atom stereocenters.